The molecule has 0 N–H and O–H groups in total. The van der Waals surface area contributed by atoms with Gasteiger partial charge < -0.3 is 4.74 Å². The molecule has 0 amide bonds. The maximum absolute atomic E-state index is 12.6. The summed E-state index contributed by atoms with van der Waals surface area (Å²) in [7, 11) is 0. The topological polar surface area (TPSA) is 26.3 Å². The van der Waals surface area contributed by atoms with Gasteiger partial charge in [0.1, 0.15) is 5.75 Å². The van der Waals surface area contributed by atoms with Crippen molar-refractivity contribution in [3.05, 3.63) is 60.6 Å². The molecule has 1 aliphatic heterocycles. The van der Waals surface area contributed by atoms with Crippen molar-refractivity contribution in [2.24, 2.45) is 0 Å². The fraction of sp³-hybridized carbons (Fsp3) is 0.235. The van der Waals surface area contributed by atoms with E-state index in [0.29, 0.717) is 13.0 Å². The van der Waals surface area contributed by atoms with E-state index < -0.39 is 0 Å². The molecule has 2 aromatic rings. The van der Waals surface area contributed by atoms with Gasteiger partial charge in [-0.15, -0.1) is 0 Å². The van der Waals surface area contributed by atoms with Gasteiger partial charge in [-0.05, 0) is 52.8 Å². The van der Waals surface area contributed by atoms with E-state index >= 15 is 0 Å². The number of carbonyl (C=O) groups is 1. The SMILES string of the molecule is Cc1cccc(C(=O)Cc2cc(Br)cc3c2OCC3)c1I. The van der Waals surface area contributed by atoms with Crippen molar-refractivity contribution in [3.8, 4) is 5.75 Å². The Morgan fingerprint density at radius 2 is 2.19 bits per heavy atom. The van der Waals surface area contributed by atoms with Crippen LogP contribution in [0.15, 0.2) is 34.8 Å². The van der Waals surface area contributed by atoms with Gasteiger partial charge in [0.05, 0.1) is 6.61 Å². The molecule has 0 saturated heterocycles. The van der Waals surface area contributed by atoms with Crippen LogP contribution in [0.4, 0.5) is 0 Å². The molecular formula is C17H14BrIO2. The molecule has 3 rings (SSSR count). The highest BCUT2D eigenvalue weighted by molar-refractivity contribution is 14.1. The summed E-state index contributed by atoms with van der Waals surface area (Å²) in [5.74, 6) is 1.04. The fourth-order valence-electron chi connectivity index (χ4n) is 2.61. The zero-order chi connectivity index (χ0) is 15.0. The van der Waals surface area contributed by atoms with Crippen LogP contribution in [0, 0.1) is 10.5 Å². The van der Waals surface area contributed by atoms with Gasteiger partial charge in [0, 0.05) is 32.0 Å². The van der Waals surface area contributed by atoms with Gasteiger partial charge in [-0.3, -0.25) is 4.79 Å². The average Bonchev–Trinajstić information content (AvgIpc) is 2.90. The van der Waals surface area contributed by atoms with Crippen molar-refractivity contribution in [3.63, 3.8) is 0 Å². The summed E-state index contributed by atoms with van der Waals surface area (Å²) in [6.45, 7) is 2.73. The molecule has 4 heteroatoms. The second-order valence-corrected chi connectivity index (χ2v) is 7.18. The van der Waals surface area contributed by atoms with Crippen molar-refractivity contribution in [1.82, 2.24) is 0 Å². The first kappa shape index (κ1) is 15.0. The van der Waals surface area contributed by atoms with Crippen LogP contribution in [0.3, 0.4) is 0 Å². The van der Waals surface area contributed by atoms with E-state index in [1.807, 2.05) is 31.2 Å². The first-order valence-corrected chi connectivity index (χ1v) is 8.66. The Hall–Kier alpha value is -0.880. The van der Waals surface area contributed by atoms with Gasteiger partial charge in [-0.2, -0.15) is 0 Å². The van der Waals surface area contributed by atoms with Crippen molar-refractivity contribution in [2.75, 3.05) is 6.61 Å². The van der Waals surface area contributed by atoms with E-state index in [4.69, 9.17) is 4.74 Å². The summed E-state index contributed by atoms with van der Waals surface area (Å²) in [4.78, 5) is 12.6. The highest BCUT2D eigenvalue weighted by Gasteiger charge is 2.20. The number of ketones is 1. The third-order valence-corrected chi connectivity index (χ3v) is 5.56. The highest BCUT2D eigenvalue weighted by Crippen LogP contribution is 2.34. The Balaban J connectivity index is 1.94. The third kappa shape index (κ3) is 3.01. The molecule has 21 heavy (non-hydrogen) atoms. The van der Waals surface area contributed by atoms with Crippen LogP contribution < -0.4 is 4.74 Å². The smallest absolute Gasteiger partial charge is 0.168 e. The maximum Gasteiger partial charge on any atom is 0.168 e. The molecule has 0 radical (unpaired) electrons. The van der Waals surface area contributed by atoms with Crippen molar-refractivity contribution < 1.29 is 9.53 Å². The normalized spacial score (nSPS) is 12.9. The minimum Gasteiger partial charge on any atom is -0.493 e. The first-order chi connectivity index (χ1) is 10.1. The number of ether oxygens (including phenoxy) is 1. The Morgan fingerprint density at radius 3 is 3.00 bits per heavy atom. The van der Waals surface area contributed by atoms with Crippen LogP contribution in [0.2, 0.25) is 0 Å². The van der Waals surface area contributed by atoms with Crippen LogP contribution in [0.1, 0.15) is 27.0 Å². The van der Waals surface area contributed by atoms with E-state index in [1.165, 1.54) is 5.56 Å². The summed E-state index contributed by atoms with van der Waals surface area (Å²) in [6, 6.07) is 9.93. The second-order valence-electron chi connectivity index (χ2n) is 5.19. The molecule has 0 aliphatic carbocycles. The predicted molar refractivity (Wildman–Crippen MR) is 95.3 cm³/mol. The Kier molecular flexibility index (Phi) is 4.36. The molecule has 0 spiro atoms. The molecule has 1 aliphatic rings. The summed E-state index contributed by atoms with van der Waals surface area (Å²) < 4.78 is 7.74. The van der Waals surface area contributed by atoms with Gasteiger partial charge in [-0.1, -0.05) is 34.1 Å². The number of hydrogen-bond donors (Lipinski definition) is 0. The molecule has 0 bridgehead atoms. The van der Waals surface area contributed by atoms with E-state index in [9.17, 15) is 4.79 Å². The molecule has 0 unspecified atom stereocenters. The molecule has 1 heterocycles. The van der Waals surface area contributed by atoms with Gasteiger partial charge in [0.25, 0.3) is 0 Å². The van der Waals surface area contributed by atoms with Crippen LogP contribution in [0.25, 0.3) is 0 Å². The van der Waals surface area contributed by atoms with E-state index in [2.05, 4.69) is 44.6 Å². The Bertz CT molecular complexity index is 725. The first-order valence-electron chi connectivity index (χ1n) is 6.78. The lowest BCUT2D eigenvalue weighted by Crippen LogP contribution is -2.07. The highest BCUT2D eigenvalue weighted by atomic mass is 127. The van der Waals surface area contributed by atoms with Crippen LogP contribution in [0.5, 0.6) is 5.75 Å². The number of rotatable bonds is 3. The largest absolute Gasteiger partial charge is 0.493 e. The fourth-order valence-corrected chi connectivity index (χ4v) is 3.82. The quantitative estimate of drug-likeness (QED) is 0.493. The standard InChI is InChI=1S/C17H14BrIO2/c1-10-3-2-4-14(16(10)19)15(20)9-12-8-13(18)7-11-5-6-21-17(11)12/h2-4,7-8H,5-6,9H2,1H3. The van der Waals surface area contributed by atoms with Gasteiger partial charge in [-0.25, -0.2) is 0 Å². The minimum atomic E-state index is 0.138. The van der Waals surface area contributed by atoms with Gasteiger partial charge in [0.15, 0.2) is 5.78 Å². The molecule has 0 fully saturated rings. The van der Waals surface area contributed by atoms with Crippen molar-refractivity contribution in [1.29, 1.82) is 0 Å². The zero-order valence-electron chi connectivity index (χ0n) is 11.6. The Labute approximate surface area is 146 Å². The van der Waals surface area contributed by atoms with Crippen LogP contribution in [-0.2, 0) is 12.8 Å². The second kappa shape index (κ2) is 6.08. The summed E-state index contributed by atoms with van der Waals surface area (Å²) >= 11 is 5.76. The number of carbonyl (C=O) groups excluding carboxylic acids is 1. The molecule has 2 aromatic carbocycles. The maximum atomic E-state index is 12.6. The molecule has 0 atom stereocenters. The average molecular weight is 457 g/mol. The lowest BCUT2D eigenvalue weighted by Gasteiger charge is -2.10. The Morgan fingerprint density at radius 1 is 1.38 bits per heavy atom. The lowest BCUT2D eigenvalue weighted by molar-refractivity contribution is 0.0991. The van der Waals surface area contributed by atoms with Gasteiger partial charge >= 0.3 is 0 Å². The number of Topliss-reactive ketones (excluding diaryl/α,β-unsaturated/α-hetero) is 1. The van der Waals surface area contributed by atoms with E-state index in [1.54, 1.807) is 0 Å². The van der Waals surface area contributed by atoms with Crippen LogP contribution >= 0.6 is 38.5 Å². The summed E-state index contributed by atoms with van der Waals surface area (Å²) in [6.07, 6.45) is 1.29. The number of aryl methyl sites for hydroxylation is 1. The van der Waals surface area contributed by atoms with Crippen molar-refractivity contribution >= 4 is 44.3 Å². The number of fused-ring (bicyclic) bond motifs is 1. The predicted octanol–water partition coefficient (Wildman–Crippen LogP) is 4.72. The molecule has 0 aromatic heterocycles. The van der Waals surface area contributed by atoms with Crippen molar-refractivity contribution in [2.45, 2.75) is 19.8 Å². The van der Waals surface area contributed by atoms with E-state index in [-0.39, 0.29) is 5.78 Å². The zero-order valence-corrected chi connectivity index (χ0v) is 15.3. The molecule has 0 saturated carbocycles. The molecular weight excluding hydrogens is 443 g/mol. The molecule has 108 valence electrons. The number of halogens is 2. The van der Waals surface area contributed by atoms with E-state index in [0.717, 1.165) is 36.9 Å². The monoisotopic (exact) mass is 456 g/mol. The molecule has 2 nitrogen and oxygen atoms in total. The number of benzene rings is 2. The van der Waals surface area contributed by atoms with Gasteiger partial charge in [0.2, 0.25) is 0 Å². The lowest BCUT2D eigenvalue weighted by atomic mass is 9.99. The summed E-state index contributed by atoms with van der Waals surface area (Å²) in [5, 5.41) is 0. The number of hydrogen-bond acceptors (Lipinski definition) is 2. The third-order valence-electron chi connectivity index (χ3n) is 3.67. The van der Waals surface area contributed by atoms with Crippen LogP contribution in [-0.4, -0.2) is 12.4 Å². The minimum absolute atomic E-state index is 0.138. The summed E-state index contributed by atoms with van der Waals surface area (Å²) in [5.41, 5.74) is 4.09.